The third-order valence-electron chi connectivity index (χ3n) is 7.42. The highest BCUT2D eigenvalue weighted by molar-refractivity contribution is 6.76. The van der Waals surface area contributed by atoms with Crippen LogP contribution in [0.3, 0.4) is 0 Å². The van der Waals surface area contributed by atoms with E-state index in [1.165, 1.54) is 5.56 Å². The molecule has 1 aliphatic carbocycles. The number of ketones is 1. The van der Waals surface area contributed by atoms with E-state index in [2.05, 4.69) is 54.0 Å². The topological polar surface area (TPSA) is 57.0 Å². The van der Waals surface area contributed by atoms with Crippen molar-refractivity contribution in [2.24, 2.45) is 5.92 Å². The summed E-state index contributed by atoms with van der Waals surface area (Å²) in [5, 5.41) is 4.12. The molecule has 3 aromatic rings. The van der Waals surface area contributed by atoms with Crippen LogP contribution < -0.4 is 0 Å². The first-order valence-corrected chi connectivity index (χ1v) is 17.4. The number of rotatable bonds is 10. The number of carbonyl (C=O) groups is 1. The summed E-state index contributed by atoms with van der Waals surface area (Å²) >= 11 is 0. The van der Waals surface area contributed by atoms with Gasteiger partial charge >= 0.3 is 6.18 Å². The van der Waals surface area contributed by atoms with Crippen molar-refractivity contribution in [1.29, 1.82) is 0 Å². The summed E-state index contributed by atoms with van der Waals surface area (Å²) in [4.78, 5) is 15.2. The number of ether oxygens (including phenoxy) is 1. The van der Waals surface area contributed by atoms with Gasteiger partial charge < -0.3 is 9.53 Å². The molecule has 0 amide bonds. The highest BCUT2D eigenvalue weighted by atomic mass is 28.3. The lowest BCUT2D eigenvalue weighted by Gasteiger charge is -2.28. The molecular weight excluding hydrogens is 519 g/mol. The SMILES string of the molecule is CC(=O)C[C@H]1CC[C@H](c2ccc(-c3ccc(-c4nc(C(F)(F)F)n(COCC[Si](C)(C)C)n4)cc3)cc2)CC1. The monoisotopic (exact) mass is 557 g/mol. The van der Waals surface area contributed by atoms with Crippen LogP contribution in [-0.2, 0) is 22.4 Å². The summed E-state index contributed by atoms with van der Waals surface area (Å²) in [6.45, 7) is 8.35. The van der Waals surface area contributed by atoms with Crippen LogP contribution in [0.5, 0.6) is 0 Å². The number of benzene rings is 2. The molecule has 0 N–H and O–H groups in total. The van der Waals surface area contributed by atoms with Crippen LogP contribution in [-0.4, -0.2) is 35.2 Å². The molecule has 1 aliphatic rings. The van der Waals surface area contributed by atoms with Gasteiger partial charge in [0.25, 0.3) is 0 Å². The molecule has 0 spiro atoms. The van der Waals surface area contributed by atoms with Gasteiger partial charge in [0, 0.05) is 26.7 Å². The van der Waals surface area contributed by atoms with Crippen molar-refractivity contribution in [2.45, 2.75) is 83.5 Å². The average Bonchev–Trinajstić information content (AvgIpc) is 3.32. The second kappa shape index (κ2) is 12.2. The molecule has 0 saturated heterocycles. The highest BCUT2D eigenvalue weighted by Gasteiger charge is 2.38. The molecule has 210 valence electrons. The van der Waals surface area contributed by atoms with Gasteiger partial charge in [0.1, 0.15) is 12.5 Å². The number of Topliss-reactive ketones (excluding diaryl/α,β-unsaturated/α-hetero) is 1. The van der Waals surface area contributed by atoms with E-state index in [0.717, 1.165) is 47.5 Å². The third-order valence-corrected chi connectivity index (χ3v) is 9.12. The van der Waals surface area contributed by atoms with Crippen LogP contribution in [0.15, 0.2) is 48.5 Å². The van der Waals surface area contributed by atoms with E-state index >= 15 is 0 Å². The maximum absolute atomic E-state index is 13.6. The van der Waals surface area contributed by atoms with Crippen molar-refractivity contribution in [3.63, 3.8) is 0 Å². The van der Waals surface area contributed by atoms with Gasteiger partial charge in [-0.15, -0.1) is 5.10 Å². The van der Waals surface area contributed by atoms with Gasteiger partial charge in [0.2, 0.25) is 5.82 Å². The smallest absolute Gasteiger partial charge is 0.359 e. The molecule has 1 fully saturated rings. The van der Waals surface area contributed by atoms with E-state index in [1.807, 2.05) is 12.1 Å². The Bertz CT molecular complexity index is 1240. The fraction of sp³-hybridized carbons (Fsp3) is 0.500. The fourth-order valence-electron chi connectivity index (χ4n) is 5.16. The quantitative estimate of drug-likeness (QED) is 0.186. The molecule has 1 heterocycles. The lowest BCUT2D eigenvalue weighted by atomic mass is 9.77. The van der Waals surface area contributed by atoms with Gasteiger partial charge in [-0.2, -0.15) is 13.2 Å². The number of aromatic nitrogens is 3. The Morgan fingerprint density at radius 3 is 2.05 bits per heavy atom. The normalized spacial score (nSPS) is 18.3. The van der Waals surface area contributed by atoms with Gasteiger partial charge in [-0.25, -0.2) is 9.67 Å². The molecule has 0 aliphatic heterocycles. The molecule has 0 radical (unpaired) electrons. The lowest BCUT2D eigenvalue weighted by Crippen LogP contribution is -2.23. The number of carbonyl (C=O) groups excluding carboxylic acids is 1. The summed E-state index contributed by atoms with van der Waals surface area (Å²) in [6.07, 6.45) is 0.475. The van der Waals surface area contributed by atoms with Crippen LogP contribution in [0.2, 0.25) is 25.7 Å². The Morgan fingerprint density at radius 1 is 0.949 bits per heavy atom. The Hall–Kier alpha value is -2.78. The van der Waals surface area contributed by atoms with Crippen molar-refractivity contribution in [2.75, 3.05) is 6.61 Å². The van der Waals surface area contributed by atoms with Crippen molar-refractivity contribution < 1.29 is 22.7 Å². The van der Waals surface area contributed by atoms with Crippen molar-refractivity contribution in [1.82, 2.24) is 14.8 Å². The second-order valence-electron chi connectivity index (χ2n) is 11.9. The first-order chi connectivity index (χ1) is 18.4. The zero-order valence-corrected chi connectivity index (χ0v) is 24.2. The molecule has 1 saturated carbocycles. The first kappa shape index (κ1) is 29.2. The van der Waals surface area contributed by atoms with Gasteiger partial charge in [-0.1, -0.05) is 68.2 Å². The van der Waals surface area contributed by atoms with E-state index in [0.29, 0.717) is 30.4 Å². The molecular formula is C30H38F3N3O2Si. The number of hydrogen-bond acceptors (Lipinski definition) is 4. The van der Waals surface area contributed by atoms with E-state index in [1.54, 1.807) is 19.1 Å². The number of hydrogen-bond donors (Lipinski definition) is 0. The van der Waals surface area contributed by atoms with E-state index in [4.69, 9.17) is 4.74 Å². The Balaban J connectivity index is 1.42. The third kappa shape index (κ3) is 8.11. The molecule has 4 rings (SSSR count). The van der Waals surface area contributed by atoms with E-state index in [-0.39, 0.29) is 18.3 Å². The fourth-order valence-corrected chi connectivity index (χ4v) is 5.92. The summed E-state index contributed by atoms with van der Waals surface area (Å²) in [6, 6.07) is 16.7. The predicted octanol–water partition coefficient (Wildman–Crippen LogP) is 8.20. The largest absolute Gasteiger partial charge is 0.451 e. The standard InChI is InChI=1S/C30H38F3N3O2Si/c1-21(37)19-22-5-7-23(8-6-22)24-9-11-25(12-10-24)26-13-15-27(16-14-26)28-34-29(30(31,32)33)36(35-28)20-38-17-18-39(2,3)4/h9-16,22-23H,5-8,17-20H2,1-4H3/t22-,23-. The van der Waals surface area contributed by atoms with Crippen LogP contribution in [0.1, 0.15) is 56.3 Å². The van der Waals surface area contributed by atoms with Gasteiger partial charge in [-0.05, 0) is 67.2 Å². The minimum atomic E-state index is -4.62. The zero-order valence-electron chi connectivity index (χ0n) is 23.2. The maximum atomic E-state index is 13.6. The molecule has 5 nitrogen and oxygen atoms in total. The minimum Gasteiger partial charge on any atom is -0.359 e. The lowest BCUT2D eigenvalue weighted by molar-refractivity contribution is -0.150. The van der Waals surface area contributed by atoms with Crippen LogP contribution >= 0.6 is 0 Å². The van der Waals surface area contributed by atoms with Crippen molar-refractivity contribution in [3.05, 3.63) is 59.9 Å². The average molecular weight is 558 g/mol. The molecule has 0 bridgehead atoms. The number of nitrogens with zero attached hydrogens (tertiary/aromatic N) is 3. The Labute approximate surface area is 229 Å². The molecule has 0 unspecified atom stereocenters. The number of halogens is 3. The van der Waals surface area contributed by atoms with Gasteiger partial charge in [0.05, 0.1) is 0 Å². The summed E-state index contributed by atoms with van der Waals surface area (Å²) in [7, 11) is -1.35. The summed E-state index contributed by atoms with van der Waals surface area (Å²) < 4.78 is 47.2. The maximum Gasteiger partial charge on any atom is 0.451 e. The van der Waals surface area contributed by atoms with Gasteiger partial charge in [-0.3, -0.25) is 0 Å². The Kier molecular flexibility index (Phi) is 9.11. The highest BCUT2D eigenvalue weighted by Crippen LogP contribution is 2.38. The molecule has 0 atom stereocenters. The van der Waals surface area contributed by atoms with Crippen LogP contribution in [0, 0.1) is 5.92 Å². The van der Waals surface area contributed by atoms with E-state index in [9.17, 15) is 18.0 Å². The first-order valence-electron chi connectivity index (χ1n) is 13.7. The second-order valence-corrected chi connectivity index (χ2v) is 17.5. The number of alkyl halides is 3. The molecule has 39 heavy (non-hydrogen) atoms. The minimum absolute atomic E-state index is 0.0263. The summed E-state index contributed by atoms with van der Waals surface area (Å²) in [5.74, 6) is 0.291. The summed E-state index contributed by atoms with van der Waals surface area (Å²) in [5.41, 5.74) is 3.85. The Morgan fingerprint density at radius 2 is 1.51 bits per heavy atom. The van der Waals surface area contributed by atoms with Crippen LogP contribution in [0.4, 0.5) is 13.2 Å². The molecule has 2 aromatic carbocycles. The van der Waals surface area contributed by atoms with E-state index < -0.39 is 20.1 Å². The van der Waals surface area contributed by atoms with Crippen molar-refractivity contribution in [3.8, 4) is 22.5 Å². The molecule has 9 heteroatoms. The zero-order chi connectivity index (χ0) is 28.2. The molecule has 1 aromatic heterocycles. The predicted molar refractivity (Wildman–Crippen MR) is 150 cm³/mol. The van der Waals surface area contributed by atoms with Gasteiger partial charge in [0.15, 0.2) is 5.82 Å². The van der Waals surface area contributed by atoms with Crippen molar-refractivity contribution >= 4 is 13.9 Å². The van der Waals surface area contributed by atoms with Crippen LogP contribution in [0.25, 0.3) is 22.5 Å².